The average molecular weight is 198 g/mol. The molecule has 2 nitrogen and oxygen atoms in total. The first kappa shape index (κ1) is 9.71. The van der Waals surface area contributed by atoms with Gasteiger partial charge in [0, 0.05) is 17.4 Å². The van der Waals surface area contributed by atoms with E-state index in [4.69, 9.17) is 5.73 Å². The van der Waals surface area contributed by atoms with Crippen molar-refractivity contribution in [1.82, 2.24) is 4.98 Å². The largest absolute Gasteiger partial charge is 0.398 e. The van der Waals surface area contributed by atoms with E-state index in [2.05, 4.69) is 18.0 Å². The molecule has 1 heterocycles. The van der Waals surface area contributed by atoms with Gasteiger partial charge in [0.05, 0.1) is 5.69 Å². The number of aromatic nitrogens is 1. The molecule has 76 valence electrons. The molecule has 0 unspecified atom stereocenters. The zero-order valence-corrected chi connectivity index (χ0v) is 8.77. The van der Waals surface area contributed by atoms with Crippen molar-refractivity contribution in [1.29, 1.82) is 0 Å². The number of para-hydroxylation sites is 1. The van der Waals surface area contributed by atoms with Crippen molar-refractivity contribution in [3.8, 4) is 11.3 Å². The van der Waals surface area contributed by atoms with Gasteiger partial charge < -0.3 is 5.73 Å². The Kier molecular flexibility index (Phi) is 2.68. The van der Waals surface area contributed by atoms with Crippen molar-refractivity contribution >= 4 is 5.69 Å². The van der Waals surface area contributed by atoms with Crippen LogP contribution >= 0.6 is 0 Å². The highest BCUT2D eigenvalue weighted by atomic mass is 14.7. The smallest absolute Gasteiger partial charge is 0.0722 e. The van der Waals surface area contributed by atoms with E-state index < -0.39 is 0 Å². The average Bonchev–Trinajstić information content (AvgIpc) is 2.30. The summed E-state index contributed by atoms with van der Waals surface area (Å²) in [7, 11) is 0. The summed E-state index contributed by atoms with van der Waals surface area (Å²) in [5.74, 6) is 0. The lowest BCUT2D eigenvalue weighted by Crippen LogP contribution is -1.92. The first-order chi connectivity index (χ1) is 7.31. The van der Waals surface area contributed by atoms with E-state index >= 15 is 0 Å². The maximum absolute atomic E-state index is 5.88. The van der Waals surface area contributed by atoms with Crippen LogP contribution in [-0.4, -0.2) is 4.98 Å². The lowest BCUT2D eigenvalue weighted by Gasteiger charge is -2.04. The summed E-state index contributed by atoms with van der Waals surface area (Å²) in [6.45, 7) is 2.12. The number of nitrogens with zero attached hydrogens (tertiary/aromatic N) is 1. The first-order valence-corrected chi connectivity index (χ1v) is 5.11. The predicted molar refractivity (Wildman–Crippen MR) is 63.5 cm³/mol. The predicted octanol–water partition coefficient (Wildman–Crippen LogP) is 2.89. The van der Waals surface area contributed by atoms with E-state index in [1.807, 2.05) is 36.5 Å². The molecule has 0 atom stereocenters. The highest BCUT2D eigenvalue weighted by Gasteiger charge is 2.02. The molecule has 0 fully saturated rings. The third kappa shape index (κ3) is 1.99. The molecule has 2 N–H and O–H groups in total. The number of benzene rings is 1. The van der Waals surface area contributed by atoms with Gasteiger partial charge in [0.15, 0.2) is 0 Å². The Morgan fingerprint density at radius 1 is 1.13 bits per heavy atom. The number of hydrogen-bond donors (Lipinski definition) is 1. The summed E-state index contributed by atoms with van der Waals surface area (Å²) in [6.07, 6.45) is 2.92. The van der Waals surface area contributed by atoms with Crippen molar-refractivity contribution in [2.75, 3.05) is 5.73 Å². The minimum Gasteiger partial charge on any atom is -0.398 e. The van der Waals surface area contributed by atoms with Gasteiger partial charge in [-0.05, 0) is 24.1 Å². The van der Waals surface area contributed by atoms with Crippen LogP contribution in [-0.2, 0) is 6.42 Å². The molecule has 0 aliphatic heterocycles. The number of hydrogen-bond acceptors (Lipinski definition) is 2. The van der Waals surface area contributed by atoms with Gasteiger partial charge in [-0.25, -0.2) is 0 Å². The van der Waals surface area contributed by atoms with Crippen LogP contribution in [0.2, 0.25) is 0 Å². The van der Waals surface area contributed by atoms with Gasteiger partial charge in [-0.15, -0.1) is 0 Å². The number of rotatable bonds is 2. The summed E-state index contributed by atoms with van der Waals surface area (Å²) in [6, 6.07) is 11.9. The third-order valence-electron chi connectivity index (χ3n) is 2.47. The van der Waals surface area contributed by atoms with Gasteiger partial charge in [0.25, 0.3) is 0 Å². The SMILES string of the molecule is CCc1ccc(-c2ccccc2N)nc1. The topological polar surface area (TPSA) is 38.9 Å². The van der Waals surface area contributed by atoms with Crippen LogP contribution in [0.25, 0.3) is 11.3 Å². The minimum atomic E-state index is 0.772. The highest BCUT2D eigenvalue weighted by molar-refractivity contribution is 5.73. The van der Waals surface area contributed by atoms with E-state index in [1.165, 1.54) is 5.56 Å². The standard InChI is InChI=1S/C13H14N2/c1-2-10-7-8-13(15-9-10)11-5-3-4-6-12(11)14/h3-9H,2,14H2,1H3. The molecule has 1 aromatic heterocycles. The van der Waals surface area contributed by atoms with Crippen LogP contribution in [0.4, 0.5) is 5.69 Å². The van der Waals surface area contributed by atoms with Crippen LogP contribution in [0.3, 0.4) is 0 Å². The minimum absolute atomic E-state index is 0.772. The van der Waals surface area contributed by atoms with Gasteiger partial charge in [-0.1, -0.05) is 31.2 Å². The van der Waals surface area contributed by atoms with E-state index in [-0.39, 0.29) is 0 Å². The molecule has 0 bridgehead atoms. The fraction of sp³-hybridized carbons (Fsp3) is 0.154. The molecule has 0 aliphatic rings. The van der Waals surface area contributed by atoms with Crippen LogP contribution < -0.4 is 5.73 Å². The van der Waals surface area contributed by atoms with Crippen molar-refractivity contribution < 1.29 is 0 Å². The van der Waals surface area contributed by atoms with Gasteiger partial charge in [-0.2, -0.15) is 0 Å². The molecule has 2 heteroatoms. The van der Waals surface area contributed by atoms with Crippen molar-refractivity contribution in [3.63, 3.8) is 0 Å². The summed E-state index contributed by atoms with van der Waals surface area (Å²) in [5, 5.41) is 0. The Balaban J connectivity index is 2.42. The maximum atomic E-state index is 5.88. The molecule has 0 saturated heterocycles. The summed E-state index contributed by atoms with van der Waals surface area (Å²) in [5.41, 5.74) is 9.83. The van der Waals surface area contributed by atoms with E-state index in [1.54, 1.807) is 0 Å². The third-order valence-corrected chi connectivity index (χ3v) is 2.47. The zero-order chi connectivity index (χ0) is 10.7. The number of pyridine rings is 1. The van der Waals surface area contributed by atoms with Gasteiger partial charge in [0.2, 0.25) is 0 Å². The molecule has 15 heavy (non-hydrogen) atoms. The fourth-order valence-corrected chi connectivity index (χ4v) is 1.52. The Morgan fingerprint density at radius 3 is 2.53 bits per heavy atom. The van der Waals surface area contributed by atoms with Crippen molar-refractivity contribution in [2.24, 2.45) is 0 Å². The lowest BCUT2D eigenvalue weighted by molar-refractivity contribution is 1.11. The quantitative estimate of drug-likeness (QED) is 0.753. The molecule has 0 radical (unpaired) electrons. The summed E-state index contributed by atoms with van der Waals surface area (Å²) < 4.78 is 0. The maximum Gasteiger partial charge on any atom is 0.0722 e. The second-order valence-corrected chi connectivity index (χ2v) is 3.49. The van der Waals surface area contributed by atoms with Crippen LogP contribution in [0.15, 0.2) is 42.6 Å². The summed E-state index contributed by atoms with van der Waals surface area (Å²) >= 11 is 0. The Morgan fingerprint density at radius 2 is 1.93 bits per heavy atom. The van der Waals surface area contributed by atoms with Crippen molar-refractivity contribution in [2.45, 2.75) is 13.3 Å². The van der Waals surface area contributed by atoms with E-state index in [9.17, 15) is 0 Å². The van der Waals surface area contributed by atoms with Gasteiger partial charge >= 0.3 is 0 Å². The van der Waals surface area contributed by atoms with Crippen LogP contribution in [0.5, 0.6) is 0 Å². The van der Waals surface area contributed by atoms with E-state index in [0.717, 1.165) is 23.4 Å². The molecule has 2 rings (SSSR count). The Hall–Kier alpha value is -1.83. The molecule has 1 aromatic carbocycles. The number of nitrogen functional groups attached to an aromatic ring is 1. The fourth-order valence-electron chi connectivity index (χ4n) is 1.52. The summed E-state index contributed by atoms with van der Waals surface area (Å²) in [4.78, 5) is 4.40. The van der Waals surface area contributed by atoms with E-state index in [0.29, 0.717) is 0 Å². The molecule has 0 aliphatic carbocycles. The monoisotopic (exact) mass is 198 g/mol. The highest BCUT2D eigenvalue weighted by Crippen LogP contribution is 2.23. The molecule has 2 aromatic rings. The van der Waals surface area contributed by atoms with Crippen LogP contribution in [0.1, 0.15) is 12.5 Å². The zero-order valence-electron chi connectivity index (χ0n) is 8.77. The lowest BCUT2D eigenvalue weighted by atomic mass is 10.1. The Labute approximate surface area is 89.8 Å². The van der Waals surface area contributed by atoms with Gasteiger partial charge in [-0.3, -0.25) is 4.98 Å². The molecular weight excluding hydrogens is 184 g/mol. The second-order valence-electron chi connectivity index (χ2n) is 3.49. The molecular formula is C13H14N2. The molecule has 0 spiro atoms. The van der Waals surface area contributed by atoms with Crippen molar-refractivity contribution in [3.05, 3.63) is 48.2 Å². The molecule has 0 saturated carbocycles. The van der Waals surface area contributed by atoms with Crippen LogP contribution in [0, 0.1) is 0 Å². The molecule has 0 amide bonds. The normalized spacial score (nSPS) is 10.2. The number of aryl methyl sites for hydroxylation is 1. The van der Waals surface area contributed by atoms with Gasteiger partial charge in [0.1, 0.15) is 0 Å². The second kappa shape index (κ2) is 4.13. The first-order valence-electron chi connectivity index (χ1n) is 5.11. The number of anilines is 1. The number of nitrogens with two attached hydrogens (primary N) is 1. The Bertz CT molecular complexity index is 446.